The molecular weight excluding hydrogens is 453 g/mol. The van der Waals surface area contributed by atoms with Gasteiger partial charge in [-0.2, -0.15) is 5.26 Å². The number of hydrogen-bond donors (Lipinski definition) is 1. The maximum atomic E-state index is 13.8. The van der Waals surface area contributed by atoms with Gasteiger partial charge in [0.05, 0.1) is 17.0 Å². The van der Waals surface area contributed by atoms with Gasteiger partial charge in [-0.25, -0.2) is 4.39 Å². The first-order valence-corrected chi connectivity index (χ1v) is 12.5. The zero-order chi connectivity index (χ0) is 22.4. The molecule has 3 rings (SSSR count). The summed E-state index contributed by atoms with van der Waals surface area (Å²) in [6.45, 7) is 5.80. The number of thioether (sulfide) groups is 2. The minimum absolute atomic E-state index is 0.131. The molecule has 1 aromatic carbocycles. The average molecular weight is 476 g/mol. The molecule has 0 aliphatic heterocycles. The zero-order valence-corrected chi connectivity index (χ0v) is 19.9. The minimum Gasteiger partial charge on any atom is -0.310 e. The minimum atomic E-state index is -0.390. The number of carbonyl (C=O) groups excluding carboxylic acids is 1. The van der Waals surface area contributed by atoms with Crippen LogP contribution in [0.25, 0.3) is 5.69 Å². The van der Waals surface area contributed by atoms with Crippen molar-refractivity contribution in [1.82, 2.24) is 14.8 Å². The number of nitrogens with one attached hydrogen (secondary N) is 1. The first kappa shape index (κ1) is 23.3. The number of amides is 1. The molecule has 2 heterocycles. The van der Waals surface area contributed by atoms with E-state index in [2.05, 4.69) is 28.5 Å². The van der Waals surface area contributed by atoms with Gasteiger partial charge in [0.25, 0.3) is 0 Å². The summed E-state index contributed by atoms with van der Waals surface area (Å²) in [6, 6.07) is 8.21. The SMILES string of the molecule is CCCCSc1nnc(SCC(=O)Nc2c(C#N)c(C)c(C)n2-c2cccc(F)c2)s1. The van der Waals surface area contributed by atoms with E-state index in [1.807, 2.05) is 13.8 Å². The van der Waals surface area contributed by atoms with Crippen LogP contribution in [-0.2, 0) is 4.79 Å². The third kappa shape index (κ3) is 5.67. The Labute approximate surface area is 193 Å². The second kappa shape index (κ2) is 10.8. The lowest BCUT2D eigenvalue weighted by molar-refractivity contribution is -0.113. The van der Waals surface area contributed by atoms with Crippen molar-refractivity contribution >= 4 is 46.6 Å². The zero-order valence-electron chi connectivity index (χ0n) is 17.4. The Morgan fingerprint density at radius 2 is 2.03 bits per heavy atom. The van der Waals surface area contributed by atoms with Crippen LogP contribution in [0.3, 0.4) is 0 Å². The van der Waals surface area contributed by atoms with Gasteiger partial charge in [0, 0.05) is 11.4 Å². The van der Waals surface area contributed by atoms with Gasteiger partial charge < -0.3 is 5.32 Å². The fourth-order valence-electron chi connectivity index (χ4n) is 2.91. The Morgan fingerprint density at radius 1 is 1.29 bits per heavy atom. The van der Waals surface area contributed by atoms with Crippen LogP contribution < -0.4 is 5.32 Å². The molecule has 10 heteroatoms. The number of halogens is 1. The van der Waals surface area contributed by atoms with Crippen LogP contribution in [0.2, 0.25) is 0 Å². The largest absolute Gasteiger partial charge is 0.310 e. The predicted molar refractivity (Wildman–Crippen MR) is 125 cm³/mol. The Hall–Kier alpha value is -2.35. The predicted octanol–water partition coefficient (Wildman–Crippen LogP) is 5.58. The number of unbranched alkanes of at least 4 members (excludes halogenated alkanes) is 1. The van der Waals surface area contributed by atoms with Crippen LogP contribution in [0.15, 0.2) is 32.9 Å². The highest BCUT2D eigenvalue weighted by Gasteiger charge is 2.21. The second-order valence-electron chi connectivity index (χ2n) is 6.73. The first-order valence-electron chi connectivity index (χ1n) is 9.71. The molecule has 0 aliphatic carbocycles. The van der Waals surface area contributed by atoms with E-state index < -0.39 is 5.82 Å². The third-order valence-electron chi connectivity index (χ3n) is 4.59. The van der Waals surface area contributed by atoms with E-state index >= 15 is 0 Å². The first-order chi connectivity index (χ1) is 14.9. The molecule has 0 aliphatic rings. The maximum absolute atomic E-state index is 13.8. The van der Waals surface area contributed by atoms with Crippen molar-refractivity contribution in [3.8, 4) is 11.8 Å². The highest BCUT2D eigenvalue weighted by atomic mass is 32.2. The Balaban J connectivity index is 1.74. The Morgan fingerprint density at radius 3 is 2.71 bits per heavy atom. The number of carbonyl (C=O) groups is 1. The lowest BCUT2D eigenvalue weighted by Crippen LogP contribution is -2.17. The molecule has 0 atom stereocenters. The van der Waals surface area contributed by atoms with Crippen molar-refractivity contribution in [2.24, 2.45) is 0 Å². The Kier molecular flexibility index (Phi) is 8.12. The van der Waals surface area contributed by atoms with Gasteiger partial charge in [0.2, 0.25) is 5.91 Å². The number of aromatic nitrogens is 3. The second-order valence-corrected chi connectivity index (χ2v) is 10.3. The van der Waals surface area contributed by atoms with Crippen LogP contribution in [0.1, 0.15) is 36.6 Å². The van der Waals surface area contributed by atoms with Crippen LogP contribution in [0.5, 0.6) is 0 Å². The number of rotatable bonds is 9. The molecule has 31 heavy (non-hydrogen) atoms. The standard InChI is InChI=1S/C21H22FN5OS3/c1-4-5-9-29-20-25-26-21(31-20)30-12-18(28)24-19-17(11-23)13(2)14(3)27(19)16-8-6-7-15(22)10-16/h6-8,10H,4-5,9,12H2,1-3H3,(H,24,28). The van der Waals surface area contributed by atoms with E-state index in [1.54, 1.807) is 28.5 Å². The molecule has 0 bridgehead atoms. The van der Waals surface area contributed by atoms with Crippen molar-refractivity contribution in [1.29, 1.82) is 5.26 Å². The van der Waals surface area contributed by atoms with E-state index in [1.165, 1.54) is 35.2 Å². The van der Waals surface area contributed by atoms with Gasteiger partial charge in [-0.05, 0) is 44.0 Å². The van der Waals surface area contributed by atoms with Crippen molar-refractivity contribution < 1.29 is 9.18 Å². The lowest BCUT2D eigenvalue weighted by atomic mass is 10.2. The van der Waals surface area contributed by atoms with Crippen LogP contribution in [0.4, 0.5) is 10.2 Å². The molecule has 1 N–H and O–H groups in total. The summed E-state index contributed by atoms with van der Waals surface area (Å²) in [4.78, 5) is 12.7. The molecule has 6 nitrogen and oxygen atoms in total. The van der Waals surface area contributed by atoms with E-state index in [-0.39, 0.29) is 11.7 Å². The van der Waals surface area contributed by atoms with E-state index in [4.69, 9.17) is 0 Å². The van der Waals surface area contributed by atoms with E-state index in [0.717, 1.165) is 38.5 Å². The number of benzene rings is 1. The summed E-state index contributed by atoms with van der Waals surface area (Å²) in [5.41, 5.74) is 2.42. The van der Waals surface area contributed by atoms with Crippen LogP contribution in [0, 0.1) is 31.0 Å². The van der Waals surface area contributed by atoms with Crippen LogP contribution >= 0.6 is 34.9 Å². The topological polar surface area (TPSA) is 83.6 Å². The van der Waals surface area contributed by atoms with Gasteiger partial charge in [-0.15, -0.1) is 10.2 Å². The van der Waals surface area contributed by atoms with Crippen molar-refractivity contribution in [3.63, 3.8) is 0 Å². The molecule has 0 saturated carbocycles. The monoisotopic (exact) mass is 475 g/mol. The summed E-state index contributed by atoms with van der Waals surface area (Å²) in [7, 11) is 0. The summed E-state index contributed by atoms with van der Waals surface area (Å²) in [5, 5.41) is 20.8. The van der Waals surface area contributed by atoms with E-state index in [0.29, 0.717) is 17.1 Å². The molecular formula is C21H22FN5OS3. The molecule has 3 aromatic rings. The van der Waals surface area contributed by atoms with Gasteiger partial charge in [-0.1, -0.05) is 54.3 Å². The fourth-order valence-corrected chi connectivity index (χ4v) is 5.89. The molecule has 2 aromatic heterocycles. The molecule has 0 saturated heterocycles. The number of nitriles is 1. The normalized spacial score (nSPS) is 10.8. The highest BCUT2D eigenvalue weighted by molar-refractivity contribution is 8.03. The highest BCUT2D eigenvalue weighted by Crippen LogP contribution is 2.32. The van der Waals surface area contributed by atoms with Crippen LogP contribution in [-0.4, -0.2) is 32.2 Å². The van der Waals surface area contributed by atoms with Crippen molar-refractivity contribution in [2.75, 3.05) is 16.8 Å². The number of nitrogens with zero attached hydrogens (tertiary/aromatic N) is 4. The average Bonchev–Trinajstić information content (AvgIpc) is 3.29. The fraction of sp³-hybridized carbons (Fsp3) is 0.333. The summed E-state index contributed by atoms with van der Waals surface area (Å²) < 4.78 is 17.1. The van der Waals surface area contributed by atoms with Crippen molar-refractivity contribution in [3.05, 3.63) is 46.9 Å². The Bertz CT molecular complexity index is 1120. The summed E-state index contributed by atoms with van der Waals surface area (Å²) >= 11 is 4.45. The van der Waals surface area contributed by atoms with Gasteiger partial charge in [-0.3, -0.25) is 9.36 Å². The molecule has 0 spiro atoms. The van der Waals surface area contributed by atoms with Gasteiger partial charge >= 0.3 is 0 Å². The quantitative estimate of drug-likeness (QED) is 0.321. The summed E-state index contributed by atoms with van der Waals surface area (Å²) in [5.74, 6) is 0.821. The third-order valence-corrected chi connectivity index (χ3v) is 7.86. The molecule has 0 radical (unpaired) electrons. The van der Waals surface area contributed by atoms with Gasteiger partial charge in [0.15, 0.2) is 8.68 Å². The smallest absolute Gasteiger partial charge is 0.235 e. The molecule has 0 fully saturated rings. The summed E-state index contributed by atoms with van der Waals surface area (Å²) in [6.07, 6.45) is 2.26. The maximum Gasteiger partial charge on any atom is 0.235 e. The molecule has 1 amide bonds. The van der Waals surface area contributed by atoms with Gasteiger partial charge in [0.1, 0.15) is 17.7 Å². The molecule has 162 valence electrons. The lowest BCUT2D eigenvalue weighted by Gasteiger charge is -2.13. The number of anilines is 1. The number of hydrogen-bond acceptors (Lipinski definition) is 7. The van der Waals surface area contributed by atoms with E-state index in [9.17, 15) is 14.4 Å². The van der Waals surface area contributed by atoms with Crippen molar-refractivity contribution in [2.45, 2.75) is 42.3 Å². The molecule has 0 unspecified atom stereocenters.